The molecule has 0 aliphatic carbocycles. The van der Waals surface area contributed by atoms with Crippen molar-refractivity contribution in [3.63, 3.8) is 0 Å². The number of pyridine rings is 1. The van der Waals surface area contributed by atoms with Gasteiger partial charge in [-0.05, 0) is 38.8 Å². The van der Waals surface area contributed by atoms with Gasteiger partial charge in [0.05, 0.1) is 22.3 Å². The van der Waals surface area contributed by atoms with Gasteiger partial charge >= 0.3 is 0 Å². The van der Waals surface area contributed by atoms with Gasteiger partial charge in [-0.2, -0.15) is 5.26 Å². The van der Waals surface area contributed by atoms with Crippen LogP contribution >= 0.6 is 0 Å². The number of nitriles is 1. The van der Waals surface area contributed by atoms with Crippen LogP contribution in [-0.4, -0.2) is 14.9 Å². The Morgan fingerprint density at radius 2 is 2.19 bits per heavy atom. The van der Waals surface area contributed by atoms with Gasteiger partial charge < -0.3 is 0 Å². The second-order valence-electron chi connectivity index (χ2n) is 4.47. The van der Waals surface area contributed by atoms with E-state index in [1.165, 1.54) is 0 Å². The molecule has 1 aromatic rings. The fourth-order valence-corrected chi connectivity index (χ4v) is 2.39. The summed E-state index contributed by atoms with van der Waals surface area (Å²) < 4.78 is 11.9. The summed E-state index contributed by atoms with van der Waals surface area (Å²) in [7, 11) is -1.10. The quantitative estimate of drug-likeness (QED) is 0.806. The number of aromatic nitrogens is 1. The summed E-state index contributed by atoms with van der Waals surface area (Å²) in [5.41, 5.74) is 0.637. The van der Waals surface area contributed by atoms with E-state index in [1.807, 2.05) is 26.8 Å². The topological polar surface area (TPSA) is 53.8 Å². The summed E-state index contributed by atoms with van der Waals surface area (Å²) in [5.74, 6) is 0.483. The highest BCUT2D eigenvalue weighted by molar-refractivity contribution is 7.84. The molecule has 0 aromatic carbocycles. The van der Waals surface area contributed by atoms with Crippen LogP contribution < -0.4 is 0 Å². The minimum atomic E-state index is -1.10. The van der Waals surface area contributed by atoms with Gasteiger partial charge in [0.25, 0.3) is 0 Å². The molecule has 0 N–H and O–H groups in total. The van der Waals surface area contributed by atoms with Gasteiger partial charge in [0.1, 0.15) is 5.03 Å². The first-order valence-corrected chi connectivity index (χ1v) is 6.49. The van der Waals surface area contributed by atoms with Crippen molar-refractivity contribution in [3.8, 4) is 6.07 Å². The fourth-order valence-electron chi connectivity index (χ4n) is 1.10. The third kappa shape index (κ3) is 3.74. The predicted octanol–water partition coefficient (Wildman–Crippen LogP) is 2.44. The zero-order chi connectivity index (χ0) is 12.2. The second-order valence-corrected chi connectivity index (χ2v) is 5.99. The SMILES string of the molecule is Cc1ccc([S@](=O)CCC(C)(C)C#N)nc1. The molecule has 0 radical (unpaired) electrons. The average molecular weight is 236 g/mol. The zero-order valence-corrected chi connectivity index (χ0v) is 10.7. The molecule has 4 heteroatoms. The van der Waals surface area contributed by atoms with Gasteiger partial charge in [-0.25, -0.2) is 4.98 Å². The largest absolute Gasteiger partial charge is 0.253 e. The lowest BCUT2D eigenvalue weighted by Crippen LogP contribution is -2.13. The van der Waals surface area contributed by atoms with Crippen molar-refractivity contribution in [2.75, 3.05) is 5.75 Å². The minimum absolute atomic E-state index is 0.416. The Kier molecular flexibility index (Phi) is 4.19. The zero-order valence-electron chi connectivity index (χ0n) is 9.86. The lowest BCUT2D eigenvalue weighted by atomic mass is 9.93. The molecule has 1 aromatic heterocycles. The van der Waals surface area contributed by atoms with Crippen molar-refractivity contribution in [1.82, 2.24) is 4.98 Å². The van der Waals surface area contributed by atoms with E-state index in [1.54, 1.807) is 12.3 Å². The lowest BCUT2D eigenvalue weighted by Gasteiger charge is -2.13. The average Bonchev–Trinajstić information content (AvgIpc) is 2.27. The van der Waals surface area contributed by atoms with Gasteiger partial charge in [-0.3, -0.25) is 4.21 Å². The van der Waals surface area contributed by atoms with E-state index in [9.17, 15) is 4.21 Å². The van der Waals surface area contributed by atoms with Gasteiger partial charge in [0.15, 0.2) is 0 Å². The highest BCUT2D eigenvalue weighted by Crippen LogP contribution is 2.20. The summed E-state index contributed by atoms with van der Waals surface area (Å²) in [6, 6.07) is 5.88. The number of nitrogens with zero attached hydrogens (tertiary/aromatic N) is 2. The van der Waals surface area contributed by atoms with Crippen LogP contribution in [0.3, 0.4) is 0 Å². The van der Waals surface area contributed by atoms with E-state index < -0.39 is 16.2 Å². The molecule has 0 aliphatic heterocycles. The molecule has 86 valence electrons. The molecule has 0 saturated heterocycles. The Bertz CT molecular complexity index is 418. The molecule has 16 heavy (non-hydrogen) atoms. The predicted molar refractivity (Wildman–Crippen MR) is 64.3 cm³/mol. The summed E-state index contributed by atoms with van der Waals surface area (Å²) in [4.78, 5) is 4.12. The Labute approximate surface area is 99.0 Å². The first kappa shape index (κ1) is 12.9. The smallest absolute Gasteiger partial charge is 0.127 e. The number of rotatable bonds is 4. The lowest BCUT2D eigenvalue weighted by molar-refractivity contribution is 0.479. The van der Waals surface area contributed by atoms with Crippen molar-refractivity contribution >= 4 is 10.8 Å². The Morgan fingerprint density at radius 3 is 2.69 bits per heavy atom. The van der Waals surface area contributed by atoms with E-state index in [0.717, 1.165) is 5.56 Å². The molecule has 0 fully saturated rings. The molecular weight excluding hydrogens is 220 g/mol. The molecular formula is C12H16N2OS. The van der Waals surface area contributed by atoms with Crippen LogP contribution in [0.25, 0.3) is 0 Å². The standard InChI is InChI=1S/C12H16N2OS/c1-10-4-5-11(14-8-10)16(15)7-6-12(2,3)9-13/h4-5,8H,6-7H2,1-3H3/t16-/m1/s1. The Hall–Kier alpha value is -1.21. The second kappa shape index (κ2) is 5.22. The van der Waals surface area contributed by atoms with E-state index in [4.69, 9.17) is 5.26 Å². The molecule has 1 heterocycles. The third-order valence-electron chi connectivity index (χ3n) is 2.33. The summed E-state index contributed by atoms with van der Waals surface area (Å²) in [5, 5.41) is 9.45. The van der Waals surface area contributed by atoms with E-state index >= 15 is 0 Å². The Morgan fingerprint density at radius 1 is 1.50 bits per heavy atom. The van der Waals surface area contributed by atoms with Crippen molar-refractivity contribution in [3.05, 3.63) is 23.9 Å². The molecule has 0 saturated carbocycles. The minimum Gasteiger partial charge on any atom is -0.253 e. The summed E-state index contributed by atoms with van der Waals surface area (Å²) >= 11 is 0. The van der Waals surface area contributed by atoms with Crippen LogP contribution in [0.5, 0.6) is 0 Å². The third-order valence-corrected chi connectivity index (χ3v) is 3.62. The van der Waals surface area contributed by atoms with Gasteiger partial charge in [-0.1, -0.05) is 6.07 Å². The number of hydrogen-bond acceptors (Lipinski definition) is 3. The molecule has 0 amide bonds. The monoisotopic (exact) mass is 236 g/mol. The number of aryl methyl sites for hydroxylation is 1. The molecule has 3 nitrogen and oxygen atoms in total. The maximum absolute atomic E-state index is 11.9. The molecule has 1 rings (SSSR count). The van der Waals surface area contributed by atoms with Gasteiger partial charge in [-0.15, -0.1) is 0 Å². The van der Waals surface area contributed by atoms with Crippen LogP contribution in [0.15, 0.2) is 23.4 Å². The first-order chi connectivity index (χ1) is 7.44. The van der Waals surface area contributed by atoms with Crippen molar-refractivity contribution < 1.29 is 4.21 Å². The van der Waals surface area contributed by atoms with Gasteiger partial charge in [0.2, 0.25) is 0 Å². The highest BCUT2D eigenvalue weighted by Gasteiger charge is 2.18. The summed E-state index contributed by atoms with van der Waals surface area (Å²) in [6.45, 7) is 5.65. The van der Waals surface area contributed by atoms with Crippen molar-refractivity contribution in [2.24, 2.45) is 5.41 Å². The van der Waals surface area contributed by atoms with Crippen molar-refractivity contribution in [2.45, 2.75) is 32.2 Å². The fraction of sp³-hybridized carbons (Fsp3) is 0.500. The molecule has 0 spiro atoms. The van der Waals surface area contributed by atoms with E-state index in [-0.39, 0.29) is 0 Å². The molecule has 0 bridgehead atoms. The molecule has 0 aliphatic rings. The number of hydrogen-bond donors (Lipinski definition) is 0. The molecule has 1 atom stereocenters. The highest BCUT2D eigenvalue weighted by atomic mass is 32.2. The van der Waals surface area contributed by atoms with Crippen LogP contribution in [0.1, 0.15) is 25.8 Å². The van der Waals surface area contributed by atoms with Crippen molar-refractivity contribution in [1.29, 1.82) is 5.26 Å². The Balaban J connectivity index is 2.61. The van der Waals surface area contributed by atoms with Crippen LogP contribution in [0.2, 0.25) is 0 Å². The van der Waals surface area contributed by atoms with Gasteiger partial charge in [0, 0.05) is 11.9 Å². The van der Waals surface area contributed by atoms with Crippen LogP contribution in [0, 0.1) is 23.7 Å². The first-order valence-electron chi connectivity index (χ1n) is 5.17. The van der Waals surface area contributed by atoms with E-state index in [2.05, 4.69) is 11.1 Å². The maximum Gasteiger partial charge on any atom is 0.127 e. The van der Waals surface area contributed by atoms with Crippen LogP contribution in [-0.2, 0) is 10.8 Å². The molecule has 0 unspecified atom stereocenters. The van der Waals surface area contributed by atoms with Crippen LogP contribution in [0.4, 0.5) is 0 Å². The maximum atomic E-state index is 11.9. The summed E-state index contributed by atoms with van der Waals surface area (Å²) in [6.07, 6.45) is 2.33. The van der Waals surface area contributed by atoms with E-state index in [0.29, 0.717) is 17.2 Å². The normalized spacial score (nSPS) is 13.1.